The molecular weight excluding hydrogens is 448 g/mol. The summed E-state index contributed by atoms with van der Waals surface area (Å²) in [5.41, 5.74) is 1.34. The van der Waals surface area contributed by atoms with E-state index in [4.69, 9.17) is 0 Å². The van der Waals surface area contributed by atoms with Crippen LogP contribution in [0.25, 0.3) is 0 Å². The highest BCUT2D eigenvalue weighted by Gasteiger charge is 2.26. The lowest BCUT2D eigenvalue weighted by molar-refractivity contribution is 0.273. The maximum atomic E-state index is 2.62. The second-order valence-electron chi connectivity index (χ2n) is 11.6. The molecule has 0 amide bonds. The summed E-state index contributed by atoms with van der Waals surface area (Å²) in [6, 6.07) is 11.0. The van der Waals surface area contributed by atoms with E-state index in [1.165, 1.54) is 160 Å². The highest BCUT2D eigenvalue weighted by atomic mass is 15.4. The van der Waals surface area contributed by atoms with Gasteiger partial charge in [-0.25, -0.2) is 0 Å². The second-order valence-corrected chi connectivity index (χ2v) is 11.6. The number of anilines is 1. The fraction of sp³-hybridized carbons (Fsp3) is 0.771. The molecule has 2 rings (SSSR count). The number of para-hydroxylation sites is 1. The van der Waals surface area contributed by atoms with Crippen molar-refractivity contribution in [3.8, 4) is 0 Å². The molecule has 0 fully saturated rings. The first-order valence-electron chi connectivity index (χ1n) is 16.6. The van der Waals surface area contributed by atoms with Crippen LogP contribution in [0, 0.1) is 0 Å². The van der Waals surface area contributed by atoms with Gasteiger partial charge in [-0.2, -0.15) is 0 Å². The van der Waals surface area contributed by atoms with Crippen molar-refractivity contribution in [3.05, 3.63) is 42.7 Å². The van der Waals surface area contributed by atoms with Crippen molar-refractivity contribution in [1.29, 1.82) is 0 Å². The fourth-order valence-electron chi connectivity index (χ4n) is 5.85. The average molecular weight is 511 g/mol. The van der Waals surface area contributed by atoms with Crippen molar-refractivity contribution in [1.82, 2.24) is 4.90 Å². The molecule has 212 valence electrons. The van der Waals surface area contributed by atoms with E-state index in [-0.39, 0.29) is 0 Å². The Hall–Kier alpha value is -1.44. The SMILES string of the molecule is CCCCCCCCCCCCCCCCCCC1N(CCCCCCCC)C=CN1c1ccccc1. The third kappa shape index (κ3) is 14.9. The molecule has 1 aromatic rings. The van der Waals surface area contributed by atoms with Gasteiger partial charge in [-0.15, -0.1) is 0 Å². The standard InChI is InChI=1S/C35H62N2/c1-3-5-7-9-11-12-13-14-15-16-17-18-19-20-21-26-30-35-36(31-27-22-10-8-6-4-2)32-33-37(35)34-28-24-23-25-29-34/h23-25,28-29,32-33,35H,3-22,26-27,30-31H2,1-2H3. The number of unbranched alkanes of at least 4 members (excludes halogenated alkanes) is 20. The van der Waals surface area contributed by atoms with Crippen molar-refractivity contribution < 1.29 is 0 Å². The smallest absolute Gasteiger partial charge is 0.105 e. The molecule has 1 atom stereocenters. The van der Waals surface area contributed by atoms with Crippen LogP contribution >= 0.6 is 0 Å². The number of rotatable bonds is 25. The van der Waals surface area contributed by atoms with E-state index in [0.717, 1.165) is 0 Å². The summed E-state index contributed by atoms with van der Waals surface area (Å²) in [4.78, 5) is 5.14. The number of nitrogens with zero attached hydrogens (tertiary/aromatic N) is 2. The van der Waals surface area contributed by atoms with Crippen molar-refractivity contribution in [3.63, 3.8) is 0 Å². The molecule has 1 unspecified atom stereocenters. The lowest BCUT2D eigenvalue weighted by atomic mass is 10.0. The van der Waals surface area contributed by atoms with E-state index in [0.29, 0.717) is 6.17 Å². The van der Waals surface area contributed by atoms with Gasteiger partial charge in [0.25, 0.3) is 0 Å². The van der Waals surface area contributed by atoms with Gasteiger partial charge < -0.3 is 9.80 Å². The maximum absolute atomic E-state index is 2.62. The maximum Gasteiger partial charge on any atom is 0.105 e. The lowest BCUT2D eigenvalue weighted by Gasteiger charge is -2.33. The van der Waals surface area contributed by atoms with Gasteiger partial charge in [-0.05, 0) is 31.4 Å². The van der Waals surface area contributed by atoms with E-state index >= 15 is 0 Å². The summed E-state index contributed by atoms with van der Waals surface area (Å²) in [5, 5.41) is 0. The van der Waals surface area contributed by atoms with Gasteiger partial charge >= 0.3 is 0 Å². The number of benzene rings is 1. The molecule has 0 saturated heterocycles. The van der Waals surface area contributed by atoms with Crippen LogP contribution in [0.4, 0.5) is 5.69 Å². The predicted octanol–water partition coefficient (Wildman–Crippen LogP) is 11.6. The Kier molecular flexibility index (Phi) is 19.4. The van der Waals surface area contributed by atoms with Gasteiger partial charge in [0.1, 0.15) is 6.17 Å². The highest BCUT2D eigenvalue weighted by molar-refractivity contribution is 5.51. The van der Waals surface area contributed by atoms with E-state index in [1.54, 1.807) is 0 Å². The van der Waals surface area contributed by atoms with Crippen molar-refractivity contribution >= 4 is 5.69 Å². The Morgan fingerprint density at radius 3 is 1.41 bits per heavy atom. The van der Waals surface area contributed by atoms with Crippen molar-refractivity contribution in [2.75, 3.05) is 11.4 Å². The molecule has 2 nitrogen and oxygen atoms in total. The first-order valence-corrected chi connectivity index (χ1v) is 16.6. The Morgan fingerprint density at radius 1 is 0.486 bits per heavy atom. The van der Waals surface area contributed by atoms with Crippen LogP contribution in [0.15, 0.2) is 42.7 Å². The Balaban J connectivity index is 1.53. The molecule has 1 aromatic carbocycles. The minimum Gasteiger partial charge on any atom is -0.356 e. The van der Waals surface area contributed by atoms with Gasteiger partial charge in [0, 0.05) is 24.6 Å². The first kappa shape index (κ1) is 31.8. The molecule has 0 spiro atoms. The molecule has 37 heavy (non-hydrogen) atoms. The summed E-state index contributed by atoms with van der Waals surface area (Å²) in [7, 11) is 0. The number of hydrogen-bond donors (Lipinski definition) is 0. The van der Waals surface area contributed by atoms with E-state index < -0.39 is 0 Å². The van der Waals surface area contributed by atoms with Crippen LogP contribution in [0.3, 0.4) is 0 Å². The van der Waals surface area contributed by atoms with Gasteiger partial charge in [0.05, 0.1) is 0 Å². The highest BCUT2D eigenvalue weighted by Crippen LogP contribution is 2.28. The number of hydrogen-bond acceptors (Lipinski definition) is 2. The molecule has 0 bridgehead atoms. The van der Waals surface area contributed by atoms with Crippen LogP contribution < -0.4 is 4.90 Å². The summed E-state index contributed by atoms with van der Waals surface area (Å²) in [6.07, 6.45) is 37.7. The molecular formula is C35H62N2. The molecule has 1 heterocycles. The molecule has 2 heteroatoms. The second kappa shape index (κ2) is 22.5. The quantitative estimate of drug-likeness (QED) is 0.121. The normalized spacial score (nSPS) is 15.2. The van der Waals surface area contributed by atoms with E-state index in [9.17, 15) is 0 Å². The predicted molar refractivity (Wildman–Crippen MR) is 166 cm³/mol. The first-order chi connectivity index (χ1) is 18.4. The monoisotopic (exact) mass is 510 g/mol. The van der Waals surface area contributed by atoms with E-state index in [1.807, 2.05) is 0 Å². The molecule has 0 aromatic heterocycles. The molecule has 0 radical (unpaired) electrons. The average Bonchev–Trinajstić information content (AvgIpc) is 3.33. The largest absolute Gasteiger partial charge is 0.356 e. The zero-order valence-corrected chi connectivity index (χ0v) is 25.0. The molecule has 1 aliphatic heterocycles. The zero-order valence-electron chi connectivity index (χ0n) is 25.0. The topological polar surface area (TPSA) is 6.48 Å². The minimum absolute atomic E-state index is 0.504. The summed E-state index contributed by atoms with van der Waals surface area (Å²) in [5.74, 6) is 0. The van der Waals surface area contributed by atoms with Gasteiger partial charge in [0.15, 0.2) is 0 Å². The van der Waals surface area contributed by atoms with Crippen molar-refractivity contribution in [2.24, 2.45) is 0 Å². The minimum atomic E-state index is 0.504. The van der Waals surface area contributed by atoms with Crippen LogP contribution in [-0.2, 0) is 0 Å². The van der Waals surface area contributed by atoms with Gasteiger partial charge in [0.2, 0.25) is 0 Å². The zero-order chi connectivity index (χ0) is 26.2. The summed E-state index contributed by atoms with van der Waals surface area (Å²) >= 11 is 0. The third-order valence-electron chi connectivity index (χ3n) is 8.26. The Bertz CT molecular complexity index is 640. The summed E-state index contributed by atoms with van der Waals surface area (Å²) < 4.78 is 0. The van der Waals surface area contributed by atoms with Crippen LogP contribution in [-0.4, -0.2) is 17.6 Å². The molecule has 0 aliphatic carbocycles. The third-order valence-corrected chi connectivity index (χ3v) is 8.26. The fourth-order valence-corrected chi connectivity index (χ4v) is 5.85. The molecule has 0 N–H and O–H groups in total. The van der Waals surface area contributed by atoms with E-state index in [2.05, 4.69) is 66.4 Å². The van der Waals surface area contributed by atoms with Crippen LogP contribution in [0.2, 0.25) is 0 Å². The summed E-state index contributed by atoms with van der Waals surface area (Å²) in [6.45, 7) is 5.81. The Morgan fingerprint density at radius 2 is 0.919 bits per heavy atom. The molecule has 1 aliphatic rings. The Labute approximate surface area is 232 Å². The van der Waals surface area contributed by atoms with Gasteiger partial charge in [-0.1, -0.05) is 160 Å². The molecule has 0 saturated carbocycles. The van der Waals surface area contributed by atoms with Crippen LogP contribution in [0.5, 0.6) is 0 Å². The lowest BCUT2D eigenvalue weighted by Crippen LogP contribution is -2.39. The van der Waals surface area contributed by atoms with Crippen molar-refractivity contribution in [2.45, 2.75) is 168 Å². The van der Waals surface area contributed by atoms with Crippen LogP contribution in [0.1, 0.15) is 162 Å². The van der Waals surface area contributed by atoms with Gasteiger partial charge in [-0.3, -0.25) is 0 Å².